The first kappa shape index (κ1) is 17.3. The molecule has 3 heterocycles. The van der Waals surface area contributed by atoms with Gasteiger partial charge in [0.2, 0.25) is 5.43 Å². The van der Waals surface area contributed by atoms with E-state index in [1.807, 2.05) is 42.5 Å². The Hall–Kier alpha value is -3.77. The molecule has 0 aliphatic carbocycles. The Morgan fingerprint density at radius 2 is 1.76 bits per heavy atom. The third-order valence-corrected chi connectivity index (χ3v) is 4.87. The largest absolute Gasteiger partial charge is 0.287 e. The average Bonchev–Trinajstić information content (AvgIpc) is 3.23. The molecule has 5 rings (SSSR count). The van der Waals surface area contributed by atoms with Crippen LogP contribution in [0.1, 0.15) is 0 Å². The van der Waals surface area contributed by atoms with E-state index in [1.54, 1.807) is 46.2 Å². The Kier molecular flexibility index (Phi) is 4.18. The zero-order chi connectivity index (χ0) is 19.8. The van der Waals surface area contributed by atoms with Crippen LogP contribution in [0.2, 0.25) is 5.15 Å². The summed E-state index contributed by atoms with van der Waals surface area (Å²) in [6, 6.07) is 20.8. The highest BCUT2D eigenvalue weighted by molar-refractivity contribution is 6.29. The van der Waals surface area contributed by atoms with Crippen LogP contribution in [-0.2, 0) is 0 Å². The summed E-state index contributed by atoms with van der Waals surface area (Å²) in [5.41, 5.74) is 2.31. The summed E-state index contributed by atoms with van der Waals surface area (Å²) >= 11 is 6.00. The molecule has 0 aliphatic heterocycles. The summed E-state index contributed by atoms with van der Waals surface area (Å²) in [5.74, 6) is 0. The van der Waals surface area contributed by atoms with Gasteiger partial charge in [0.1, 0.15) is 5.15 Å². The molecule has 6 nitrogen and oxygen atoms in total. The Labute approximate surface area is 170 Å². The Balaban J connectivity index is 1.70. The molecule has 0 atom stereocenters. The third-order valence-electron chi connectivity index (χ3n) is 4.66. The van der Waals surface area contributed by atoms with E-state index in [-0.39, 0.29) is 5.43 Å². The molecule has 0 amide bonds. The van der Waals surface area contributed by atoms with Crippen LogP contribution in [0.5, 0.6) is 0 Å². The number of pyridine rings is 1. The van der Waals surface area contributed by atoms with Gasteiger partial charge in [-0.1, -0.05) is 48.0 Å². The molecule has 140 valence electrons. The minimum absolute atomic E-state index is 0.191. The van der Waals surface area contributed by atoms with Gasteiger partial charge in [-0.15, -0.1) is 0 Å². The van der Waals surface area contributed by atoms with Crippen LogP contribution in [0.3, 0.4) is 0 Å². The Morgan fingerprint density at radius 1 is 0.897 bits per heavy atom. The van der Waals surface area contributed by atoms with Crippen molar-refractivity contribution in [3.8, 4) is 22.8 Å². The zero-order valence-corrected chi connectivity index (χ0v) is 15.9. The van der Waals surface area contributed by atoms with Crippen molar-refractivity contribution in [1.82, 2.24) is 24.5 Å². The fourth-order valence-corrected chi connectivity index (χ4v) is 3.50. The van der Waals surface area contributed by atoms with Crippen molar-refractivity contribution in [2.75, 3.05) is 0 Å². The van der Waals surface area contributed by atoms with Gasteiger partial charge in [-0.25, -0.2) is 14.3 Å². The zero-order valence-electron chi connectivity index (χ0n) is 15.1. The average molecular weight is 400 g/mol. The first-order valence-electron chi connectivity index (χ1n) is 8.95. The van der Waals surface area contributed by atoms with Gasteiger partial charge in [-0.2, -0.15) is 10.2 Å². The standard InChI is InChI=1S/C22H14ClN5O/c23-21-14-16(8-11-24-21)27-13-10-20(29)22(26-27)19-9-12-25-28(19)18-7-3-5-15-4-1-2-6-17(15)18/h1-14H. The maximum absolute atomic E-state index is 12.7. The van der Waals surface area contributed by atoms with Gasteiger partial charge >= 0.3 is 0 Å². The number of halogens is 1. The topological polar surface area (TPSA) is 65.6 Å². The minimum atomic E-state index is -0.191. The van der Waals surface area contributed by atoms with E-state index in [1.165, 1.54) is 6.07 Å². The number of hydrogen-bond donors (Lipinski definition) is 0. The predicted molar refractivity (Wildman–Crippen MR) is 113 cm³/mol. The molecule has 0 aliphatic rings. The first-order chi connectivity index (χ1) is 14.2. The van der Waals surface area contributed by atoms with Crippen molar-refractivity contribution in [2.24, 2.45) is 0 Å². The SMILES string of the molecule is O=c1ccn(-c2ccnc(Cl)c2)nc1-c1ccnn1-c1cccc2ccccc12. The maximum Gasteiger partial charge on any atom is 0.209 e. The summed E-state index contributed by atoms with van der Waals surface area (Å²) in [6.45, 7) is 0. The monoisotopic (exact) mass is 399 g/mol. The number of nitrogens with zero attached hydrogens (tertiary/aromatic N) is 5. The highest BCUT2D eigenvalue weighted by Crippen LogP contribution is 2.25. The van der Waals surface area contributed by atoms with E-state index in [0.29, 0.717) is 22.2 Å². The number of rotatable bonds is 3. The highest BCUT2D eigenvalue weighted by atomic mass is 35.5. The number of hydrogen-bond acceptors (Lipinski definition) is 4. The molecule has 29 heavy (non-hydrogen) atoms. The van der Waals surface area contributed by atoms with Crippen molar-refractivity contribution in [2.45, 2.75) is 0 Å². The van der Waals surface area contributed by atoms with Crippen molar-refractivity contribution in [1.29, 1.82) is 0 Å². The summed E-state index contributed by atoms with van der Waals surface area (Å²) in [6.07, 6.45) is 4.87. The molecule has 2 aromatic carbocycles. The lowest BCUT2D eigenvalue weighted by molar-refractivity contribution is 0.823. The molecule has 0 radical (unpaired) electrons. The van der Waals surface area contributed by atoms with Crippen LogP contribution in [-0.4, -0.2) is 24.5 Å². The minimum Gasteiger partial charge on any atom is -0.287 e. The first-order valence-corrected chi connectivity index (χ1v) is 9.33. The fraction of sp³-hybridized carbons (Fsp3) is 0. The predicted octanol–water partition coefficient (Wildman–Crippen LogP) is 4.29. The van der Waals surface area contributed by atoms with Crippen LogP contribution < -0.4 is 5.43 Å². The van der Waals surface area contributed by atoms with E-state index < -0.39 is 0 Å². The molecule has 7 heteroatoms. The molecule has 5 aromatic rings. The second-order valence-corrected chi connectivity index (χ2v) is 6.82. The smallest absolute Gasteiger partial charge is 0.209 e. The molecule has 3 aromatic heterocycles. The summed E-state index contributed by atoms with van der Waals surface area (Å²) in [5, 5.41) is 11.5. The van der Waals surface area contributed by atoms with E-state index in [4.69, 9.17) is 11.6 Å². The van der Waals surface area contributed by atoms with Gasteiger partial charge < -0.3 is 0 Å². The molecule has 0 saturated heterocycles. The lowest BCUT2D eigenvalue weighted by atomic mass is 10.1. The van der Waals surface area contributed by atoms with Gasteiger partial charge in [0, 0.05) is 29.9 Å². The van der Waals surface area contributed by atoms with Crippen LogP contribution in [0, 0.1) is 0 Å². The van der Waals surface area contributed by atoms with E-state index in [0.717, 1.165) is 16.5 Å². The molecule has 0 fully saturated rings. The van der Waals surface area contributed by atoms with Crippen LogP contribution in [0.15, 0.2) is 90.1 Å². The van der Waals surface area contributed by atoms with E-state index in [9.17, 15) is 4.79 Å². The van der Waals surface area contributed by atoms with Gasteiger partial charge in [-0.05, 0) is 23.6 Å². The highest BCUT2D eigenvalue weighted by Gasteiger charge is 2.15. The fourth-order valence-electron chi connectivity index (χ4n) is 3.33. The third kappa shape index (κ3) is 3.09. The van der Waals surface area contributed by atoms with Crippen molar-refractivity contribution >= 4 is 22.4 Å². The Bertz CT molecular complexity index is 1400. The van der Waals surface area contributed by atoms with Crippen molar-refractivity contribution < 1.29 is 0 Å². The maximum atomic E-state index is 12.7. The summed E-state index contributed by atoms with van der Waals surface area (Å²) < 4.78 is 3.35. The summed E-state index contributed by atoms with van der Waals surface area (Å²) in [7, 11) is 0. The normalized spacial score (nSPS) is 11.1. The van der Waals surface area contributed by atoms with Gasteiger partial charge in [0.15, 0.2) is 5.69 Å². The molecule has 0 N–H and O–H groups in total. The quantitative estimate of drug-likeness (QED) is 0.424. The molecule has 0 bridgehead atoms. The van der Waals surface area contributed by atoms with Gasteiger partial charge in [-0.3, -0.25) is 4.79 Å². The second kappa shape index (κ2) is 7.00. The summed E-state index contributed by atoms with van der Waals surface area (Å²) in [4.78, 5) is 16.6. The van der Waals surface area contributed by atoms with Crippen LogP contribution in [0.4, 0.5) is 0 Å². The van der Waals surface area contributed by atoms with Crippen LogP contribution >= 0.6 is 11.6 Å². The van der Waals surface area contributed by atoms with Gasteiger partial charge in [0.25, 0.3) is 0 Å². The molecular weight excluding hydrogens is 386 g/mol. The van der Waals surface area contributed by atoms with Gasteiger partial charge in [0.05, 0.1) is 23.3 Å². The lowest BCUT2D eigenvalue weighted by Gasteiger charge is -2.11. The number of aromatic nitrogens is 5. The van der Waals surface area contributed by atoms with Crippen LogP contribution in [0.25, 0.3) is 33.5 Å². The molecule has 0 unspecified atom stereocenters. The van der Waals surface area contributed by atoms with Crippen molar-refractivity contribution in [3.05, 3.63) is 101 Å². The van der Waals surface area contributed by atoms with E-state index >= 15 is 0 Å². The second-order valence-electron chi connectivity index (χ2n) is 6.44. The molecule has 0 spiro atoms. The molecule has 0 saturated carbocycles. The number of benzene rings is 2. The Morgan fingerprint density at radius 3 is 2.66 bits per heavy atom. The molecular formula is C22H14ClN5O. The van der Waals surface area contributed by atoms with E-state index in [2.05, 4.69) is 15.2 Å². The number of fused-ring (bicyclic) bond motifs is 1. The lowest BCUT2D eigenvalue weighted by Crippen LogP contribution is -2.15. The van der Waals surface area contributed by atoms with Crippen molar-refractivity contribution in [3.63, 3.8) is 0 Å².